The van der Waals surface area contributed by atoms with Crippen molar-refractivity contribution in [2.24, 2.45) is 5.92 Å². The zero-order valence-electron chi connectivity index (χ0n) is 11.0. The number of nitrogens with zero attached hydrogens (tertiary/aromatic N) is 1. The van der Waals surface area contributed by atoms with Gasteiger partial charge in [0.2, 0.25) is 0 Å². The molecule has 3 unspecified atom stereocenters. The third kappa shape index (κ3) is 3.02. The third-order valence-corrected chi connectivity index (χ3v) is 4.05. The first-order chi connectivity index (χ1) is 8.74. The van der Waals surface area contributed by atoms with Crippen molar-refractivity contribution in [3.63, 3.8) is 0 Å². The molecule has 0 spiro atoms. The highest BCUT2D eigenvalue weighted by atomic mass is 16.5. The summed E-state index contributed by atoms with van der Waals surface area (Å²) < 4.78 is 10.9. The maximum absolute atomic E-state index is 11.3. The van der Waals surface area contributed by atoms with Gasteiger partial charge in [-0.05, 0) is 25.8 Å². The van der Waals surface area contributed by atoms with Gasteiger partial charge in [0.15, 0.2) is 0 Å². The number of hydrogen-bond acceptors (Lipinski definition) is 4. The van der Waals surface area contributed by atoms with Crippen LogP contribution in [0.5, 0.6) is 0 Å². The van der Waals surface area contributed by atoms with E-state index in [4.69, 9.17) is 9.47 Å². The summed E-state index contributed by atoms with van der Waals surface area (Å²) in [6, 6.07) is 0.460. The Kier molecular flexibility index (Phi) is 4.97. The molecule has 2 aliphatic rings. The van der Waals surface area contributed by atoms with Gasteiger partial charge in [-0.3, -0.25) is 9.69 Å². The molecule has 104 valence electrons. The SMILES string of the molecule is CCN(C1CCCOCC1)C1COCC1C(=O)O. The maximum Gasteiger partial charge on any atom is 0.310 e. The lowest BCUT2D eigenvalue weighted by atomic mass is 9.98. The molecule has 0 aromatic carbocycles. The molecule has 5 nitrogen and oxygen atoms in total. The van der Waals surface area contributed by atoms with Gasteiger partial charge >= 0.3 is 5.97 Å². The van der Waals surface area contributed by atoms with E-state index >= 15 is 0 Å². The number of hydrogen-bond donors (Lipinski definition) is 1. The Morgan fingerprint density at radius 1 is 1.28 bits per heavy atom. The van der Waals surface area contributed by atoms with Gasteiger partial charge in [-0.1, -0.05) is 6.92 Å². The first kappa shape index (κ1) is 13.8. The molecule has 0 aromatic rings. The molecule has 2 rings (SSSR count). The van der Waals surface area contributed by atoms with Gasteiger partial charge in [-0.15, -0.1) is 0 Å². The minimum Gasteiger partial charge on any atom is -0.481 e. The van der Waals surface area contributed by atoms with Crippen LogP contribution >= 0.6 is 0 Å². The number of likely N-dealkylation sites (N-methyl/N-ethyl adjacent to an activating group) is 1. The Labute approximate surface area is 108 Å². The van der Waals surface area contributed by atoms with Crippen LogP contribution in [0.4, 0.5) is 0 Å². The predicted octanol–water partition coefficient (Wildman–Crippen LogP) is 0.977. The van der Waals surface area contributed by atoms with Crippen molar-refractivity contribution < 1.29 is 19.4 Å². The molecule has 0 aromatic heterocycles. The number of carboxylic acids is 1. The van der Waals surface area contributed by atoms with E-state index in [2.05, 4.69) is 11.8 Å². The second-order valence-electron chi connectivity index (χ2n) is 5.08. The van der Waals surface area contributed by atoms with Gasteiger partial charge in [0.1, 0.15) is 0 Å². The molecule has 0 bridgehead atoms. The molecule has 0 saturated carbocycles. The highest BCUT2D eigenvalue weighted by Crippen LogP contribution is 2.25. The molecule has 2 fully saturated rings. The lowest BCUT2D eigenvalue weighted by molar-refractivity contribution is -0.143. The molecule has 3 atom stereocenters. The first-order valence-electron chi connectivity index (χ1n) is 6.88. The summed E-state index contributed by atoms with van der Waals surface area (Å²) in [4.78, 5) is 13.6. The fourth-order valence-electron chi connectivity index (χ4n) is 3.09. The summed E-state index contributed by atoms with van der Waals surface area (Å²) in [6.45, 7) is 5.48. The van der Waals surface area contributed by atoms with Crippen LogP contribution in [0.2, 0.25) is 0 Å². The van der Waals surface area contributed by atoms with Crippen LogP contribution in [0.15, 0.2) is 0 Å². The standard InChI is InChI=1S/C13H23NO4/c1-2-14(10-4-3-6-17-7-5-10)12-9-18-8-11(12)13(15)16/h10-12H,2-9H2,1H3,(H,15,16). The summed E-state index contributed by atoms with van der Waals surface area (Å²) in [5.41, 5.74) is 0. The molecule has 5 heteroatoms. The van der Waals surface area contributed by atoms with Crippen LogP contribution in [0, 0.1) is 5.92 Å². The van der Waals surface area contributed by atoms with Crippen LogP contribution in [0.25, 0.3) is 0 Å². The molecule has 2 saturated heterocycles. The number of ether oxygens (including phenoxy) is 2. The molecule has 2 heterocycles. The predicted molar refractivity (Wildman–Crippen MR) is 66.6 cm³/mol. The van der Waals surface area contributed by atoms with Crippen LogP contribution in [-0.4, -0.2) is 61.0 Å². The van der Waals surface area contributed by atoms with E-state index in [1.165, 1.54) is 0 Å². The largest absolute Gasteiger partial charge is 0.481 e. The van der Waals surface area contributed by atoms with Crippen molar-refractivity contribution in [2.75, 3.05) is 33.0 Å². The van der Waals surface area contributed by atoms with E-state index in [-0.39, 0.29) is 12.0 Å². The van der Waals surface area contributed by atoms with Gasteiger partial charge < -0.3 is 14.6 Å². The molecular formula is C13H23NO4. The lowest BCUT2D eigenvalue weighted by Crippen LogP contribution is -2.48. The fourth-order valence-corrected chi connectivity index (χ4v) is 3.09. The molecule has 0 aliphatic carbocycles. The number of rotatable bonds is 4. The van der Waals surface area contributed by atoms with E-state index in [1.807, 2.05) is 0 Å². The first-order valence-corrected chi connectivity index (χ1v) is 6.88. The molecule has 2 aliphatic heterocycles. The van der Waals surface area contributed by atoms with E-state index in [9.17, 15) is 9.90 Å². The van der Waals surface area contributed by atoms with Gasteiger partial charge in [-0.2, -0.15) is 0 Å². The third-order valence-electron chi connectivity index (χ3n) is 4.05. The number of carbonyl (C=O) groups is 1. The Bertz CT molecular complexity index is 276. The minimum absolute atomic E-state index is 0.0237. The van der Waals surface area contributed by atoms with Crippen LogP contribution < -0.4 is 0 Å². The number of carboxylic acid groups (broad SMARTS) is 1. The molecular weight excluding hydrogens is 234 g/mol. The average Bonchev–Trinajstić information content (AvgIpc) is 2.67. The zero-order valence-corrected chi connectivity index (χ0v) is 11.0. The van der Waals surface area contributed by atoms with Crippen LogP contribution in [0.3, 0.4) is 0 Å². The molecule has 0 radical (unpaired) electrons. The van der Waals surface area contributed by atoms with E-state index in [1.54, 1.807) is 0 Å². The zero-order chi connectivity index (χ0) is 13.0. The Balaban J connectivity index is 2.04. The Hall–Kier alpha value is -0.650. The van der Waals surface area contributed by atoms with Crippen LogP contribution in [0.1, 0.15) is 26.2 Å². The highest BCUT2D eigenvalue weighted by molar-refractivity contribution is 5.71. The summed E-state index contributed by atoms with van der Waals surface area (Å²) in [5.74, 6) is -1.12. The minimum atomic E-state index is -0.735. The van der Waals surface area contributed by atoms with E-state index in [0.29, 0.717) is 19.3 Å². The van der Waals surface area contributed by atoms with Crippen molar-refractivity contribution in [3.05, 3.63) is 0 Å². The van der Waals surface area contributed by atoms with Gasteiger partial charge in [0, 0.05) is 25.3 Å². The average molecular weight is 257 g/mol. The maximum atomic E-state index is 11.3. The van der Waals surface area contributed by atoms with E-state index < -0.39 is 5.97 Å². The summed E-state index contributed by atoms with van der Waals surface area (Å²) in [6.07, 6.45) is 3.15. The Morgan fingerprint density at radius 3 is 2.83 bits per heavy atom. The quantitative estimate of drug-likeness (QED) is 0.813. The van der Waals surface area contributed by atoms with E-state index in [0.717, 1.165) is 39.0 Å². The molecule has 18 heavy (non-hydrogen) atoms. The second kappa shape index (κ2) is 6.50. The second-order valence-corrected chi connectivity index (χ2v) is 5.08. The normalized spacial score (nSPS) is 33.6. The topological polar surface area (TPSA) is 59.0 Å². The van der Waals surface area contributed by atoms with Crippen molar-refractivity contribution in [1.29, 1.82) is 0 Å². The van der Waals surface area contributed by atoms with Gasteiger partial charge in [-0.25, -0.2) is 0 Å². The van der Waals surface area contributed by atoms with Crippen molar-refractivity contribution in [1.82, 2.24) is 4.90 Å². The van der Waals surface area contributed by atoms with Crippen LogP contribution in [-0.2, 0) is 14.3 Å². The monoisotopic (exact) mass is 257 g/mol. The van der Waals surface area contributed by atoms with Crippen molar-refractivity contribution >= 4 is 5.97 Å². The van der Waals surface area contributed by atoms with Crippen molar-refractivity contribution in [2.45, 2.75) is 38.3 Å². The summed E-state index contributed by atoms with van der Waals surface area (Å²) in [5, 5.41) is 9.25. The fraction of sp³-hybridized carbons (Fsp3) is 0.923. The summed E-state index contributed by atoms with van der Waals surface area (Å²) in [7, 11) is 0. The smallest absolute Gasteiger partial charge is 0.310 e. The summed E-state index contributed by atoms with van der Waals surface area (Å²) >= 11 is 0. The lowest BCUT2D eigenvalue weighted by Gasteiger charge is -2.36. The highest BCUT2D eigenvalue weighted by Gasteiger charge is 2.39. The molecule has 1 N–H and O–H groups in total. The Morgan fingerprint density at radius 2 is 2.11 bits per heavy atom. The van der Waals surface area contributed by atoms with Gasteiger partial charge in [0.05, 0.1) is 19.1 Å². The number of aliphatic carboxylic acids is 1. The van der Waals surface area contributed by atoms with Crippen molar-refractivity contribution in [3.8, 4) is 0 Å². The van der Waals surface area contributed by atoms with Gasteiger partial charge in [0.25, 0.3) is 0 Å². The molecule has 0 amide bonds.